The van der Waals surface area contributed by atoms with Crippen LogP contribution in [-0.2, 0) is 0 Å². The molecule has 33 heavy (non-hydrogen) atoms. The van der Waals surface area contributed by atoms with Gasteiger partial charge in [-0.1, -0.05) is 48.5 Å². The van der Waals surface area contributed by atoms with Gasteiger partial charge in [-0.05, 0) is 60.7 Å². The lowest BCUT2D eigenvalue weighted by molar-refractivity contribution is 0.103. The molecule has 1 heterocycles. The maximum atomic E-state index is 13.1. The van der Waals surface area contributed by atoms with Gasteiger partial charge in [0.05, 0.1) is 5.39 Å². The molecule has 4 aromatic carbocycles. The molecule has 1 N–H and O–H groups in total. The van der Waals surface area contributed by atoms with Crippen LogP contribution < -0.4 is 10.5 Å². The molecule has 0 fully saturated rings. The number of aromatic hydroxyl groups is 1. The van der Waals surface area contributed by atoms with Crippen molar-refractivity contribution >= 4 is 33.8 Å². The molecule has 5 aromatic rings. The molecule has 0 aliphatic carbocycles. The second-order valence-corrected chi connectivity index (χ2v) is 7.49. The first-order valence-corrected chi connectivity index (χ1v) is 10.4. The van der Waals surface area contributed by atoms with Crippen molar-refractivity contribution in [1.29, 1.82) is 0 Å². The van der Waals surface area contributed by atoms with E-state index in [-0.39, 0.29) is 22.5 Å². The summed E-state index contributed by atoms with van der Waals surface area (Å²) < 4.78 is 5.25. The number of rotatable bonds is 5. The number of hydrogen-bond donors (Lipinski definition) is 1. The van der Waals surface area contributed by atoms with Crippen molar-refractivity contribution in [2.45, 2.75) is 0 Å². The average Bonchev–Trinajstić information content (AvgIpc) is 2.86. The van der Waals surface area contributed by atoms with Crippen LogP contribution in [0.5, 0.6) is 5.75 Å². The van der Waals surface area contributed by atoms with E-state index in [0.717, 1.165) is 17.1 Å². The molecule has 0 spiro atoms. The van der Waals surface area contributed by atoms with Crippen molar-refractivity contribution in [2.24, 2.45) is 0 Å². The van der Waals surface area contributed by atoms with Crippen LogP contribution in [0.4, 0.5) is 17.1 Å². The minimum Gasteiger partial charge on any atom is -0.506 e. The highest BCUT2D eigenvalue weighted by Crippen LogP contribution is 2.34. The van der Waals surface area contributed by atoms with Gasteiger partial charge < -0.3 is 14.4 Å². The van der Waals surface area contributed by atoms with Gasteiger partial charge in [0.25, 0.3) is 0 Å². The Morgan fingerprint density at radius 1 is 0.667 bits per heavy atom. The van der Waals surface area contributed by atoms with Crippen LogP contribution in [0, 0.1) is 0 Å². The van der Waals surface area contributed by atoms with E-state index in [9.17, 15) is 14.7 Å². The maximum Gasteiger partial charge on any atom is 0.351 e. The molecule has 5 rings (SSSR count). The fourth-order valence-electron chi connectivity index (χ4n) is 3.84. The second-order valence-electron chi connectivity index (χ2n) is 7.49. The first-order valence-electron chi connectivity index (χ1n) is 10.4. The third-order valence-electron chi connectivity index (χ3n) is 5.43. The number of ketones is 1. The lowest BCUT2D eigenvalue weighted by Gasteiger charge is -2.25. The van der Waals surface area contributed by atoms with Gasteiger partial charge in [-0.3, -0.25) is 4.79 Å². The van der Waals surface area contributed by atoms with Gasteiger partial charge in [-0.15, -0.1) is 0 Å². The predicted molar refractivity (Wildman–Crippen MR) is 129 cm³/mol. The minimum atomic E-state index is -0.865. The highest BCUT2D eigenvalue weighted by atomic mass is 16.4. The highest BCUT2D eigenvalue weighted by Gasteiger charge is 2.22. The van der Waals surface area contributed by atoms with E-state index < -0.39 is 11.4 Å². The Balaban J connectivity index is 1.55. The molecule has 0 atom stereocenters. The molecule has 0 amide bonds. The van der Waals surface area contributed by atoms with Crippen LogP contribution in [0.1, 0.15) is 15.9 Å². The van der Waals surface area contributed by atoms with Crippen molar-refractivity contribution in [2.75, 3.05) is 4.90 Å². The summed E-state index contributed by atoms with van der Waals surface area (Å²) >= 11 is 0. The van der Waals surface area contributed by atoms with E-state index in [4.69, 9.17) is 4.42 Å². The van der Waals surface area contributed by atoms with Crippen LogP contribution in [0.3, 0.4) is 0 Å². The minimum absolute atomic E-state index is 0.230. The van der Waals surface area contributed by atoms with E-state index in [1.54, 1.807) is 36.4 Å². The molecule has 0 aliphatic heterocycles. The first kappa shape index (κ1) is 20.3. The standard InChI is InChI=1S/C28H19NO4/c30-26(25-27(31)23-13-7-8-14-24(23)33-28(25)32)19-15-17-22(18-16-19)29(20-9-3-1-4-10-20)21-11-5-2-6-12-21/h1-18,31H. The SMILES string of the molecule is O=C(c1ccc(N(c2ccccc2)c2ccccc2)cc1)c1c(O)c2ccccc2oc1=O. The molecule has 160 valence electrons. The van der Waals surface area contributed by atoms with Crippen LogP contribution >= 0.6 is 0 Å². The predicted octanol–water partition coefficient (Wildman–Crippen LogP) is 6.20. The summed E-state index contributed by atoms with van der Waals surface area (Å²) in [6, 6.07) is 33.3. The smallest absolute Gasteiger partial charge is 0.351 e. The zero-order valence-corrected chi connectivity index (χ0v) is 17.5. The Morgan fingerprint density at radius 3 is 1.79 bits per heavy atom. The van der Waals surface area contributed by atoms with Crippen molar-refractivity contribution in [3.05, 3.63) is 131 Å². The molecule has 0 saturated carbocycles. The largest absolute Gasteiger partial charge is 0.506 e. The third kappa shape index (κ3) is 3.77. The third-order valence-corrected chi connectivity index (χ3v) is 5.43. The Labute approximate surface area is 189 Å². The topological polar surface area (TPSA) is 70.8 Å². The van der Waals surface area contributed by atoms with E-state index in [2.05, 4.69) is 4.90 Å². The number of benzene rings is 4. The number of para-hydroxylation sites is 3. The monoisotopic (exact) mass is 433 g/mol. The van der Waals surface area contributed by atoms with Crippen LogP contribution in [0.15, 0.2) is 118 Å². The first-order chi connectivity index (χ1) is 16.1. The van der Waals surface area contributed by atoms with Crippen molar-refractivity contribution in [3.63, 3.8) is 0 Å². The fourth-order valence-corrected chi connectivity index (χ4v) is 3.84. The lowest BCUT2D eigenvalue weighted by atomic mass is 10.0. The number of fused-ring (bicyclic) bond motifs is 1. The number of nitrogens with zero attached hydrogens (tertiary/aromatic N) is 1. The van der Waals surface area contributed by atoms with Crippen LogP contribution in [0.2, 0.25) is 0 Å². The lowest BCUT2D eigenvalue weighted by Crippen LogP contribution is -2.16. The molecule has 1 aromatic heterocycles. The van der Waals surface area contributed by atoms with Gasteiger partial charge in [0.15, 0.2) is 5.56 Å². The molecule has 0 saturated heterocycles. The van der Waals surface area contributed by atoms with Crippen LogP contribution in [-0.4, -0.2) is 10.9 Å². The molecule has 0 bridgehead atoms. The molecular formula is C28H19NO4. The normalized spacial score (nSPS) is 10.8. The summed E-state index contributed by atoms with van der Waals surface area (Å²) in [5, 5.41) is 10.9. The summed E-state index contributed by atoms with van der Waals surface area (Å²) in [5.41, 5.74) is 2.05. The number of carbonyl (C=O) groups is 1. The Kier molecular flexibility index (Phi) is 5.21. The van der Waals surface area contributed by atoms with E-state index >= 15 is 0 Å². The highest BCUT2D eigenvalue weighted by molar-refractivity contribution is 6.12. The van der Waals surface area contributed by atoms with Crippen molar-refractivity contribution in [3.8, 4) is 5.75 Å². The fraction of sp³-hybridized carbons (Fsp3) is 0. The van der Waals surface area contributed by atoms with Gasteiger partial charge >= 0.3 is 5.63 Å². The van der Waals surface area contributed by atoms with Crippen LogP contribution in [0.25, 0.3) is 11.0 Å². The van der Waals surface area contributed by atoms with E-state index in [0.29, 0.717) is 5.39 Å². The van der Waals surface area contributed by atoms with Gasteiger partial charge in [-0.2, -0.15) is 0 Å². The molecule has 0 unspecified atom stereocenters. The van der Waals surface area contributed by atoms with Gasteiger partial charge in [-0.25, -0.2) is 4.79 Å². The number of hydrogen-bond acceptors (Lipinski definition) is 5. The van der Waals surface area contributed by atoms with Crippen molar-refractivity contribution in [1.82, 2.24) is 0 Å². The zero-order chi connectivity index (χ0) is 22.8. The number of carbonyl (C=O) groups excluding carboxylic acids is 1. The Morgan fingerprint density at radius 2 is 1.18 bits per heavy atom. The average molecular weight is 433 g/mol. The van der Waals surface area contributed by atoms with Gasteiger partial charge in [0.2, 0.25) is 5.78 Å². The maximum absolute atomic E-state index is 13.1. The Hall–Kier alpha value is -4.64. The zero-order valence-electron chi connectivity index (χ0n) is 17.5. The quantitative estimate of drug-likeness (QED) is 0.264. The summed E-state index contributed by atoms with van der Waals surface area (Å²) in [6.45, 7) is 0. The molecule has 5 heteroatoms. The van der Waals surface area contributed by atoms with E-state index in [1.165, 1.54) is 0 Å². The summed E-state index contributed by atoms with van der Waals surface area (Å²) in [4.78, 5) is 27.6. The van der Waals surface area contributed by atoms with Gasteiger partial charge in [0.1, 0.15) is 11.3 Å². The summed E-state index contributed by atoms with van der Waals surface area (Å²) in [7, 11) is 0. The number of anilines is 3. The molecule has 5 nitrogen and oxygen atoms in total. The molecule has 0 aliphatic rings. The molecule has 0 radical (unpaired) electrons. The Bertz CT molecular complexity index is 1450. The van der Waals surface area contributed by atoms with Crippen molar-refractivity contribution < 1.29 is 14.3 Å². The van der Waals surface area contributed by atoms with Gasteiger partial charge in [0, 0.05) is 22.6 Å². The summed E-state index contributed by atoms with van der Waals surface area (Å²) in [5.74, 6) is -0.962. The molecular weight excluding hydrogens is 414 g/mol. The second kappa shape index (κ2) is 8.48. The summed E-state index contributed by atoms with van der Waals surface area (Å²) in [6.07, 6.45) is 0. The van der Waals surface area contributed by atoms with E-state index in [1.807, 2.05) is 72.8 Å².